The fourth-order valence-electron chi connectivity index (χ4n) is 2.27. The van der Waals surface area contributed by atoms with Gasteiger partial charge in [0.15, 0.2) is 5.84 Å². The minimum Gasteiger partial charge on any atom is -0.489 e. The molecule has 0 atom stereocenters. The molecule has 3 N–H and O–H groups in total. The van der Waals surface area contributed by atoms with Crippen LogP contribution in [0.25, 0.3) is 0 Å². The molecular formula is C20H20FN5O2. The molecule has 1 amide bonds. The number of amidine groups is 1. The fraction of sp³-hybridized carbons (Fsp3) is 0.100. The minimum atomic E-state index is -0.537. The smallest absolute Gasteiger partial charge is 0.260 e. The molecule has 1 aromatic carbocycles. The summed E-state index contributed by atoms with van der Waals surface area (Å²) in [6.07, 6.45) is 4.05. The van der Waals surface area contributed by atoms with Gasteiger partial charge >= 0.3 is 0 Å². The molecular weight excluding hydrogens is 361 g/mol. The molecule has 144 valence electrons. The van der Waals surface area contributed by atoms with Crippen LogP contribution in [0, 0.1) is 16.6 Å². The Morgan fingerprint density at radius 3 is 2.75 bits per heavy atom. The van der Waals surface area contributed by atoms with Crippen molar-refractivity contribution in [1.29, 1.82) is 10.8 Å². The first-order valence-corrected chi connectivity index (χ1v) is 8.28. The summed E-state index contributed by atoms with van der Waals surface area (Å²) in [6.45, 7) is 7.51. The third-order valence-electron chi connectivity index (χ3n) is 3.55. The number of halogens is 1. The van der Waals surface area contributed by atoms with Gasteiger partial charge in [0.2, 0.25) is 0 Å². The molecule has 0 radical (unpaired) electrons. The lowest BCUT2D eigenvalue weighted by molar-refractivity contribution is 0.102. The Bertz CT molecular complexity index is 913. The van der Waals surface area contributed by atoms with Crippen molar-refractivity contribution in [1.82, 2.24) is 9.88 Å². The van der Waals surface area contributed by atoms with E-state index in [0.717, 1.165) is 18.5 Å². The van der Waals surface area contributed by atoms with Gasteiger partial charge < -0.3 is 15.0 Å². The van der Waals surface area contributed by atoms with Gasteiger partial charge in [0.25, 0.3) is 5.91 Å². The van der Waals surface area contributed by atoms with Gasteiger partial charge in [-0.3, -0.25) is 15.6 Å². The second-order valence-electron chi connectivity index (χ2n) is 5.52. The molecule has 2 aromatic rings. The van der Waals surface area contributed by atoms with Gasteiger partial charge in [0, 0.05) is 12.6 Å². The lowest BCUT2D eigenvalue weighted by Gasteiger charge is -2.17. The number of nitrogens with zero attached hydrogens (tertiary/aromatic N) is 2. The monoisotopic (exact) mass is 381 g/mol. The largest absolute Gasteiger partial charge is 0.489 e. The van der Waals surface area contributed by atoms with Gasteiger partial charge in [0.05, 0.1) is 11.9 Å². The van der Waals surface area contributed by atoms with Crippen LogP contribution in [0.5, 0.6) is 5.75 Å². The van der Waals surface area contributed by atoms with Crippen molar-refractivity contribution in [3.05, 3.63) is 78.8 Å². The summed E-state index contributed by atoms with van der Waals surface area (Å²) < 4.78 is 18.8. The average Bonchev–Trinajstić information content (AvgIpc) is 2.70. The zero-order valence-corrected chi connectivity index (χ0v) is 15.1. The first-order chi connectivity index (χ1) is 13.5. The van der Waals surface area contributed by atoms with Crippen LogP contribution in [0.2, 0.25) is 0 Å². The molecule has 0 saturated heterocycles. The summed E-state index contributed by atoms with van der Waals surface area (Å²) in [6, 6.07) is 8.37. The number of hydrogen-bond acceptors (Lipinski definition) is 5. The van der Waals surface area contributed by atoms with Crippen LogP contribution in [-0.4, -0.2) is 41.1 Å². The van der Waals surface area contributed by atoms with E-state index in [2.05, 4.69) is 23.5 Å². The van der Waals surface area contributed by atoms with Crippen molar-refractivity contribution in [2.45, 2.75) is 0 Å². The van der Waals surface area contributed by atoms with E-state index in [0.29, 0.717) is 0 Å². The Balaban J connectivity index is 2.23. The molecule has 0 fully saturated rings. The number of benzene rings is 1. The maximum atomic E-state index is 13.5. The Kier molecular flexibility index (Phi) is 7.15. The zero-order chi connectivity index (χ0) is 20.5. The number of anilines is 1. The highest BCUT2D eigenvalue weighted by Crippen LogP contribution is 2.21. The van der Waals surface area contributed by atoms with Gasteiger partial charge in [0.1, 0.15) is 29.7 Å². The van der Waals surface area contributed by atoms with Crippen molar-refractivity contribution < 1.29 is 13.9 Å². The van der Waals surface area contributed by atoms with Crippen LogP contribution >= 0.6 is 0 Å². The Morgan fingerprint density at radius 1 is 1.29 bits per heavy atom. The second kappa shape index (κ2) is 9.77. The van der Waals surface area contributed by atoms with E-state index in [-0.39, 0.29) is 41.8 Å². The summed E-state index contributed by atoms with van der Waals surface area (Å²) >= 11 is 0. The van der Waals surface area contributed by atoms with Crippen molar-refractivity contribution in [3.63, 3.8) is 0 Å². The summed E-state index contributed by atoms with van der Waals surface area (Å²) in [4.78, 5) is 18.2. The number of nitrogens with one attached hydrogen (secondary N) is 3. The average molecular weight is 381 g/mol. The summed E-state index contributed by atoms with van der Waals surface area (Å²) in [5, 5.41) is 18.1. The van der Waals surface area contributed by atoms with E-state index in [1.807, 2.05) is 0 Å². The molecule has 0 unspecified atom stereocenters. The molecule has 1 heterocycles. The zero-order valence-electron chi connectivity index (χ0n) is 15.1. The first-order valence-electron chi connectivity index (χ1n) is 8.28. The number of carbonyl (C=O) groups is 1. The van der Waals surface area contributed by atoms with E-state index >= 15 is 0 Å². The van der Waals surface area contributed by atoms with Crippen molar-refractivity contribution >= 4 is 23.9 Å². The van der Waals surface area contributed by atoms with Crippen LogP contribution in [0.1, 0.15) is 16.1 Å². The second-order valence-corrected chi connectivity index (χ2v) is 5.52. The summed E-state index contributed by atoms with van der Waals surface area (Å²) in [5.41, 5.74) is 0.406. The van der Waals surface area contributed by atoms with Crippen molar-refractivity contribution in [3.8, 4) is 5.75 Å². The van der Waals surface area contributed by atoms with E-state index in [4.69, 9.17) is 15.6 Å². The molecule has 8 heteroatoms. The number of aromatic nitrogens is 1. The molecule has 0 bridgehead atoms. The maximum absolute atomic E-state index is 13.5. The van der Waals surface area contributed by atoms with Gasteiger partial charge in [-0.2, -0.15) is 0 Å². The lowest BCUT2D eigenvalue weighted by Crippen LogP contribution is -2.30. The van der Waals surface area contributed by atoms with Gasteiger partial charge in [-0.15, -0.1) is 6.58 Å². The maximum Gasteiger partial charge on any atom is 0.260 e. The molecule has 0 aliphatic carbocycles. The molecule has 2 rings (SSSR count). The van der Waals surface area contributed by atoms with Crippen LogP contribution in [-0.2, 0) is 0 Å². The molecule has 0 aliphatic heterocycles. The number of amides is 1. The predicted octanol–water partition coefficient (Wildman–Crippen LogP) is 3.46. The Morgan fingerprint density at radius 2 is 2.07 bits per heavy atom. The third kappa shape index (κ3) is 5.10. The molecule has 0 spiro atoms. The molecule has 1 aromatic heterocycles. The minimum absolute atomic E-state index is 0.0113. The Labute approximate surface area is 162 Å². The highest BCUT2D eigenvalue weighted by molar-refractivity contribution is 6.06. The number of pyridine rings is 1. The number of carbonyl (C=O) groups excluding carboxylic acids is 1. The first kappa shape index (κ1) is 20.5. The summed E-state index contributed by atoms with van der Waals surface area (Å²) in [7, 11) is 0. The van der Waals surface area contributed by atoms with Gasteiger partial charge in [-0.1, -0.05) is 24.8 Å². The highest BCUT2D eigenvalue weighted by Gasteiger charge is 2.16. The standard InChI is InChI=1S/C20H20FN5O2/c1-3-10-26(13-22)19(23)16-6-5-7-18(24-16)25-20(27)15-9-8-14(21)12-17(15)28-11-4-2/h3-9,12-13,22-23H,1-2,10-11H2,(H,24,25,27). The van der Waals surface area contributed by atoms with E-state index in [9.17, 15) is 9.18 Å². The van der Waals surface area contributed by atoms with Gasteiger partial charge in [-0.25, -0.2) is 9.37 Å². The van der Waals surface area contributed by atoms with Crippen molar-refractivity contribution in [2.24, 2.45) is 0 Å². The quantitative estimate of drug-likeness (QED) is 0.352. The van der Waals surface area contributed by atoms with Gasteiger partial charge in [-0.05, 0) is 24.3 Å². The van der Waals surface area contributed by atoms with E-state index in [1.165, 1.54) is 17.0 Å². The van der Waals surface area contributed by atoms with Crippen LogP contribution < -0.4 is 10.1 Å². The number of hydrogen-bond donors (Lipinski definition) is 3. The number of rotatable bonds is 9. The highest BCUT2D eigenvalue weighted by atomic mass is 19.1. The lowest BCUT2D eigenvalue weighted by atomic mass is 10.2. The fourth-order valence-corrected chi connectivity index (χ4v) is 2.27. The number of ether oxygens (including phenoxy) is 1. The van der Waals surface area contributed by atoms with Crippen LogP contribution in [0.4, 0.5) is 10.2 Å². The normalized spacial score (nSPS) is 9.89. The predicted molar refractivity (Wildman–Crippen MR) is 107 cm³/mol. The molecule has 0 saturated carbocycles. The molecule has 7 nitrogen and oxygen atoms in total. The Hall–Kier alpha value is -3.81. The molecule has 28 heavy (non-hydrogen) atoms. The SMILES string of the molecule is C=CCOc1cc(F)ccc1C(=O)Nc1cccc(C(=N)N(C=N)CC=C)n1. The third-order valence-corrected chi connectivity index (χ3v) is 3.55. The van der Waals surface area contributed by atoms with E-state index < -0.39 is 11.7 Å². The van der Waals surface area contributed by atoms with E-state index in [1.54, 1.807) is 24.3 Å². The topological polar surface area (TPSA) is 102 Å². The van der Waals surface area contributed by atoms with Crippen LogP contribution in [0.15, 0.2) is 61.7 Å². The van der Waals surface area contributed by atoms with Crippen LogP contribution in [0.3, 0.4) is 0 Å². The van der Waals surface area contributed by atoms with Crippen molar-refractivity contribution in [2.75, 3.05) is 18.5 Å². The summed E-state index contributed by atoms with van der Waals surface area (Å²) in [5.74, 6) is -0.789. The molecule has 0 aliphatic rings.